The monoisotopic (exact) mass is 388 g/mol. The van der Waals surface area contributed by atoms with Crippen LogP contribution in [0.2, 0.25) is 0 Å². The van der Waals surface area contributed by atoms with E-state index < -0.39 is 5.41 Å². The van der Waals surface area contributed by atoms with Crippen molar-refractivity contribution in [1.82, 2.24) is 0 Å². The number of amides is 2. The van der Waals surface area contributed by atoms with Crippen molar-refractivity contribution < 1.29 is 9.59 Å². The highest BCUT2D eigenvalue weighted by Gasteiger charge is 2.21. The van der Waals surface area contributed by atoms with Gasteiger partial charge in [0.2, 0.25) is 5.91 Å². The van der Waals surface area contributed by atoms with Crippen molar-refractivity contribution in [3.63, 3.8) is 0 Å². The average molecular weight is 389 g/mol. The molecule has 0 fully saturated rings. The molecule has 0 unspecified atom stereocenters. The maximum Gasteiger partial charge on any atom is 0.255 e. The van der Waals surface area contributed by atoms with Crippen molar-refractivity contribution in [1.29, 1.82) is 0 Å². The van der Waals surface area contributed by atoms with Crippen molar-refractivity contribution in [2.45, 2.75) is 27.7 Å². The molecule has 2 aromatic rings. The number of hydrogen-bond acceptors (Lipinski definition) is 2. The van der Waals surface area contributed by atoms with Crippen LogP contribution < -0.4 is 10.6 Å². The molecule has 4 nitrogen and oxygen atoms in total. The number of benzene rings is 2. The van der Waals surface area contributed by atoms with Gasteiger partial charge in [-0.15, -0.1) is 0 Å². The summed E-state index contributed by atoms with van der Waals surface area (Å²) in [6.07, 6.45) is 0. The van der Waals surface area contributed by atoms with Gasteiger partial charge < -0.3 is 10.6 Å². The topological polar surface area (TPSA) is 58.2 Å². The molecule has 2 rings (SSSR count). The van der Waals surface area contributed by atoms with Gasteiger partial charge in [-0.05, 0) is 42.8 Å². The Bertz CT molecular complexity index is 779. The van der Waals surface area contributed by atoms with Crippen LogP contribution in [0.25, 0.3) is 0 Å². The zero-order valence-corrected chi connectivity index (χ0v) is 15.8. The minimum atomic E-state index is -0.482. The van der Waals surface area contributed by atoms with Crippen molar-refractivity contribution >= 4 is 39.1 Å². The number of rotatable bonds is 3. The number of halogens is 1. The molecule has 0 atom stereocenters. The van der Waals surface area contributed by atoms with Crippen molar-refractivity contribution in [2.24, 2.45) is 5.41 Å². The maximum absolute atomic E-state index is 12.4. The van der Waals surface area contributed by atoms with Gasteiger partial charge in [-0.2, -0.15) is 0 Å². The lowest BCUT2D eigenvalue weighted by Gasteiger charge is -2.18. The van der Waals surface area contributed by atoms with E-state index in [-0.39, 0.29) is 11.8 Å². The first kappa shape index (κ1) is 18.2. The van der Waals surface area contributed by atoms with Crippen LogP contribution in [0.1, 0.15) is 36.7 Å². The van der Waals surface area contributed by atoms with Crippen LogP contribution in [-0.4, -0.2) is 11.8 Å². The van der Waals surface area contributed by atoms with E-state index in [1.54, 1.807) is 18.2 Å². The van der Waals surface area contributed by atoms with Gasteiger partial charge in [0.25, 0.3) is 5.91 Å². The zero-order chi connectivity index (χ0) is 17.9. The van der Waals surface area contributed by atoms with Crippen LogP contribution in [0.15, 0.2) is 46.9 Å². The van der Waals surface area contributed by atoms with Gasteiger partial charge in [0.1, 0.15) is 0 Å². The van der Waals surface area contributed by atoms with Crippen LogP contribution >= 0.6 is 15.9 Å². The third-order valence-corrected chi connectivity index (χ3v) is 4.00. The third-order valence-electron chi connectivity index (χ3n) is 3.51. The molecule has 0 saturated carbocycles. The fraction of sp³-hybridized carbons (Fsp3) is 0.263. The first-order valence-corrected chi connectivity index (χ1v) is 8.45. The van der Waals surface area contributed by atoms with E-state index in [9.17, 15) is 9.59 Å². The molecule has 126 valence electrons. The molecular formula is C19H21BrN2O2. The fourth-order valence-corrected chi connectivity index (χ4v) is 2.38. The summed E-state index contributed by atoms with van der Waals surface area (Å²) < 4.78 is 0.845. The summed E-state index contributed by atoms with van der Waals surface area (Å²) in [4.78, 5) is 24.5. The van der Waals surface area contributed by atoms with E-state index in [2.05, 4.69) is 26.6 Å². The Kier molecular flexibility index (Phi) is 5.44. The molecule has 0 bridgehead atoms. The van der Waals surface area contributed by atoms with Crippen LogP contribution in [0.5, 0.6) is 0 Å². The predicted molar refractivity (Wildman–Crippen MR) is 101 cm³/mol. The van der Waals surface area contributed by atoms with E-state index in [1.165, 1.54) is 0 Å². The first-order chi connectivity index (χ1) is 11.2. The van der Waals surface area contributed by atoms with Gasteiger partial charge in [-0.1, -0.05) is 48.8 Å². The summed E-state index contributed by atoms with van der Waals surface area (Å²) in [6.45, 7) is 7.47. The van der Waals surface area contributed by atoms with Crippen LogP contribution in [-0.2, 0) is 4.79 Å². The fourth-order valence-electron chi connectivity index (χ4n) is 1.98. The third kappa shape index (κ3) is 4.68. The summed E-state index contributed by atoms with van der Waals surface area (Å²) in [5.74, 6) is -0.269. The zero-order valence-electron chi connectivity index (χ0n) is 14.2. The highest BCUT2D eigenvalue weighted by molar-refractivity contribution is 9.10. The summed E-state index contributed by atoms with van der Waals surface area (Å²) in [6, 6.07) is 12.7. The Morgan fingerprint density at radius 3 is 2.33 bits per heavy atom. The maximum atomic E-state index is 12.4. The van der Waals surface area contributed by atoms with Gasteiger partial charge in [-0.25, -0.2) is 0 Å². The second-order valence-corrected chi connectivity index (χ2v) is 7.61. The van der Waals surface area contributed by atoms with Crippen LogP contribution in [0.3, 0.4) is 0 Å². The van der Waals surface area contributed by atoms with Crippen molar-refractivity contribution in [3.8, 4) is 0 Å². The first-order valence-electron chi connectivity index (χ1n) is 7.66. The minimum absolute atomic E-state index is 0.0735. The molecule has 2 amide bonds. The number of hydrogen-bond donors (Lipinski definition) is 2. The average Bonchev–Trinajstić information content (AvgIpc) is 2.49. The number of aryl methyl sites for hydroxylation is 1. The van der Waals surface area contributed by atoms with Crippen molar-refractivity contribution in [3.05, 3.63) is 58.1 Å². The molecule has 0 aliphatic heterocycles. The quantitative estimate of drug-likeness (QED) is 0.777. The molecule has 0 saturated heterocycles. The second kappa shape index (κ2) is 7.18. The molecule has 0 radical (unpaired) electrons. The van der Waals surface area contributed by atoms with Gasteiger partial charge >= 0.3 is 0 Å². The van der Waals surface area contributed by atoms with Crippen molar-refractivity contribution in [2.75, 3.05) is 10.6 Å². The number of carbonyl (C=O) groups excluding carboxylic acids is 2. The normalized spacial score (nSPS) is 11.0. The predicted octanol–water partition coefficient (Wildman–Crippen LogP) is 4.99. The Morgan fingerprint density at radius 2 is 1.71 bits per heavy atom. The molecule has 0 spiro atoms. The molecule has 0 heterocycles. The molecule has 5 heteroatoms. The summed E-state index contributed by atoms with van der Waals surface area (Å²) >= 11 is 3.36. The Hall–Kier alpha value is -2.14. The largest absolute Gasteiger partial charge is 0.326 e. The van der Waals surface area contributed by atoms with E-state index in [0.29, 0.717) is 16.9 Å². The smallest absolute Gasteiger partial charge is 0.255 e. The van der Waals surface area contributed by atoms with Crippen LogP contribution in [0.4, 0.5) is 11.4 Å². The summed E-state index contributed by atoms with van der Waals surface area (Å²) in [7, 11) is 0. The van der Waals surface area contributed by atoms with E-state index in [4.69, 9.17) is 0 Å². The van der Waals surface area contributed by atoms with Gasteiger partial charge in [0.15, 0.2) is 0 Å². The molecular weight excluding hydrogens is 368 g/mol. The number of carbonyl (C=O) groups is 2. The lowest BCUT2D eigenvalue weighted by Crippen LogP contribution is -2.27. The lowest BCUT2D eigenvalue weighted by molar-refractivity contribution is -0.123. The molecule has 2 N–H and O–H groups in total. The molecule has 0 aromatic heterocycles. The second-order valence-electron chi connectivity index (χ2n) is 6.70. The standard InChI is InChI=1S/C19H21BrN2O2/c1-12-8-9-15(21-18(24)19(2,3)4)11-16(12)22-17(23)13-6-5-7-14(20)10-13/h5-11H,1-4H3,(H,21,24)(H,22,23). The van der Waals surface area contributed by atoms with Gasteiger partial charge in [0, 0.05) is 26.8 Å². The SMILES string of the molecule is Cc1ccc(NC(=O)C(C)(C)C)cc1NC(=O)c1cccc(Br)c1. The molecule has 0 aliphatic rings. The Balaban J connectivity index is 2.20. The molecule has 0 aliphatic carbocycles. The molecule has 2 aromatic carbocycles. The summed E-state index contributed by atoms with van der Waals surface area (Å²) in [5, 5.41) is 5.77. The number of anilines is 2. The highest BCUT2D eigenvalue weighted by atomic mass is 79.9. The highest BCUT2D eigenvalue weighted by Crippen LogP contribution is 2.24. The summed E-state index contributed by atoms with van der Waals surface area (Å²) in [5.41, 5.74) is 2.33. The van der Waals surface area contributed by atoms with Gasteiger partial charge in [0.05, 0.1) is 0 Å². The van der Waals surface area contributed by atoms with Crippen LogP contribution in [0, 0.1) is 12.3 Å². The van der Waals surface area contributed by atoms with E-state index >= 15 is 0 Å². The van der Waals surface area contributed by atoms with E-state index in [0.717, 1.165) is 10.0 Å². The Morgan fingerprint density at radius 1 is 1.00 bits per heavy atom. The van der Waals surface area contributed by atoms with Gasteiger partial charge in [-0.3, -0.25) is 9.59 Å². The Labute approximate surface area is 150 Å². The molecule has 24 heavy (non-hydrogen) atoms. The minimum Gasteiger partial charge on any atom is -0.326 e. The lowest BCUT2D eigenvalue weighted by atomic mass is 9.95. The van der Waals surface area contributed by atoms with E-state index in [1.807, 2.05) is 52.0 Å². The number of nitrogens with one attached hydrogen (secondary N) is 2.